The molecule has 3 atom stereocenters. The van der Waals surface area contributed by atoms with Gasteiger partial charge in [-0.2, -0.15) is 13.2 Å². The van der Waals surface area contributed by atoms with Gasteiger partial charge in [-0.1, -0.05) is 6.07 Å². The number of ether oxygens (including phenoxy) is 1. The van der Waals surface area contributed by atoms with Crippen molar-refractivity contribution in [2.75, 3.05) is 0 Å². The van der Waals surface area contributed by atoms with Gasteiger partial charge in [0.1, 0.15) is 5.82 Å². The Hall–Kier alpha value is -1.14. The lowest BCUT2D eigenvalue weighted by Gasteiger charge is -2.29. The normalized spacial score (nSPS) is 28.9. The molecule has 3 rings (SSSR count). The molecule has 1 aromatic carbocycles. The van der Waals surface area contributed by atoms with E-state index >= 15 is 0 Å². The van der Waals surface area contributed by atoms with Crippen molar-refractivity contribution in [1.82, 2.24) is 5.32 Å². The summed E-state index contributed by atoms with van der Waals surface area (Å²) in [6.07, 6.45) is -0.407. The number of nitrogens with one attached hydrogen (secondary N) is 1. The minimum absolute atomic E-state index is 0.0219. The zero-order valence-corrected chi connectivity index (χ0v) is 11.4. The highest BCUT2D eigenvalue weighted by atomic mass is 19.4. The summed E-state index contributed by atoms with van der Waals surface area (Å²) in [4.78, 5) is 0. The fourth-order valence-corrected chi connectivity index (χ4v) is 3.19. The van der Waals surface area contributed by atoms with E-state index < -0.39 is 17.6 Å². The van der Waals surface area contributed by atoms with Crippen molar-refractivity contribution in [3.05, 3.63) is 35.1 Å². The van der Waals surface area contributed by atoms with E-state index in [0.717, 1.165) is 37.8 Å². The molecule has 0 radical (unpaired) electrons. The van der Waals surface area contributed by atoms with E-state index in [4.69, 9.17) is 4.74 Å². The maximum Gasteiger partial charge on any atom is 0.416 e. The summed E-state index contributed by atoms with van der Waals surface area (Å²) in [7, 11) is 0. The standard InChI is InChI=1S/C15H17F4NO/c16-14-5-10(15(17,18)19)2-1-9(14)8-21-13-6-11-3-4-12(7-13)20-11/h1-2,5,11-13,20H,3-4,6-8H2/t11-,12+,13+. The van der Waals surface area contributed by atoms with Crippen LogP contribution in [-0.2, 0) is 17.5 Å². The molecule has 0 spiro atoms. The van der Waals surface area contributed by atoms with E-state index in [1.165, 1.54) is 0 Å². The van der Waals surface area contributed by atoms with E-state index in [2.05, 4.69) is 5.32 Å². The highest BCUT2D eigenvalue weighted by molar-refractivity contribution is 5.26. The molecule has 2 nitrogen and oxygen atoms in total. The molecule has 0 saturated carbocycles. The van der Waals surface area contributed by atoms with Crippen molar-refractivity contribution < 1.29 is 22.3 Å². The Balaban J connectivity index is 1.60. The maximum atomic E-state index is 13.7. The third kappa shape index (κ3) is 3.37. The highest BCUT2D eigenvalue weighted by Gasteiger charge is 2.34. The molecule has 0 amide bonds. The predicted octanol–water partition coefficient (Wildman–Crippen LogP) is 3.64. The molecular weight excluding hydrogens is 286 g/mol. The van der Waals surface area contributed by atoms with Gasteiger partial charge in [-0.15, -0.1) is 0 Å². The second-order valence-electron chi connectivity index (χ2n) is 5.85. The lowest BCUT2D eigenvalue weighted by molar-refractivity contribution is -0.137. The largest absolute Gasteiger partial charge is 0.416 e. The first-order valence-corrected chi connectivity index (χ1v) is 7.15. The zero-order valence-electron chi connectivity index (χ0n) is 11.4. The van der Waals surface area contributed by atoms with Gasteiger partial charge in [-0.3, -0.25) is 0 Å². The molecule has 1 N–H and O–H groups in total. The Kier molecular flexibility index (Phi) is 3.92. The molecule has 116 valence electrons. The number of benzene rings is 1. The minimum atomic E-state index is -4.52. The molecule has 0 unspecified atom stereocenters. The van der Waals surface area contributed by atoms with Crippen LogP contribution in [0.2, 0.25) is 0 Å². The van der Waals surface area contributed by atoms with E-state index in [1.807, 2.05) is 0 Å². The Morgan fingerprint density at radius 1 is 1.14 bits per heavy atom. The first-order valence-electron chi connectivity index (χ1n) is 7.15. The lowest BCUT2D eigenvalue weighted by atomic mass is 10.0. The number of fused-ring (bicyclic) bond motifs is 2. The number of alkyl halides is 3. The third-order valence-electron chi connectivity index (χ3n) is 4.28. The Morgan fingerprint density at radius 2 is 1.81 bits per heavy atom. The van der Waals surface area contributed by atoms with Crippen LogP contribution in [0.1, 0.15) is 36.8 Å². The summed E-state index contributed by atoms with van der Waals surface area (Å²) in [5.41, 5.74) is -0.794. The van der Waals surface area contributed by atoms with Crippen molar-refractivity contribution in [1.29, 1.82) is 0 Å². The molecule has 6 heteroatoms. The Morgan fingerprint density at radius 3 is 2.38 bits per heavy atom. The first-order chi connectivity index (χ1) is 9.91. The molecule has 1 aromatic rings. The van der Waals surface area contributed by atoms with Crippen molar-refractivity contribution in [2.45, 2.75) is 56.7 Å². The average molecular weight is 303 g/mol. The fraction of sp³-hybridized carbons (Fsp3) is 0.600. The molecule has 2 heterocycles. The van der Waals surface area contributed by atoms with Crippen LogP contribution >= 0.6 is 0 Å². The zero-order chi connectivity index (χ0) is 15.0. The van der Waals surface area contributed by atoms with E-state index in [-0.39, 0.29) is 18.3 Å². The smallest absolute Gasteiger partial charge is 0.373 e. The van der Waals surface area contributed by atoms with Gasteiger partial charge in [0.2, 0.25) is 0 Å². The summed E-state index contributed by atoms with van der Waals surface area (Å²) >= 11 is 0. The third-order valence-corrected chi connectivity index (χ3v) is 4.28. The number of piperidine rings is 1. The van der Waals surface area contributed by atoms with Gasteiger partial charge in [-0.05, 0) is 37.8 Å². The van der Waals surface area contributed by atoms with Gasteiger partial charge in [-0.25, -0.2) is 4.39 Å². The van der Waals surface area contributed by atoms with Crippen LogP contribution in [0.5, 0.6) is 0 Å². The lowest BCUT2D eigenvalue weighted by Crippen LogP contribution is -2.41. The summed E-state index contributed by atoms with van der Waals surface area (Å²) in [5.74, 6) is -0.860. The molecule has 2 fully saturated rings. The van der Waals surface area contributed by atoms with Crippen molar-refractivity contribution in [2.24, 2.45) is 0 Å². The van der Waals surface area contributed by atoms with Crippen LogP contribution in [0.3, 0.4) is 0 Å². The van der Waals surface area contributed by atoms with E-state index in [1.54, 1.807) is 0 Å². The molecule has 2 saturated heterocycles. The van der Waals surface area contributed by atoms with Crippen LogP contribution in [0.15, 0.2) is 18.2 Å². The summed E-state index contributed by atoms with van der Waals surface area (Å²) in [6.45, 7) is 0.0219. The quantitative estimate of drug-likeness (QED) is 0.861. The second-order valence-corrected chi connectivity index (χ2v) is 5.85. The Labute approximate surface area is 120 Å². The fourth-order valence-electron chi connectivity index (χ4n) is 3.19. The van der Waals surface area contributed by atoms with Gasteiger partial charge in [0, 0.05) is 17.6 Å². The number of halogens is 4. The predicted molar refractivity (Wildman–Crippen MR) is 69.2 cm³/mol. The van der Waals surface area contributed by atoms with Crippen molar-refractivity contribution in [3.8, 4) is 0 Å². The summed E-state index contributed by atoms with van der Waals surface area (Å²) in [6, 6.07) is 3.52. The molecule has 0 aliphatic carbocycles. The highest BCUT2D eigenvalue weighted by Crippen LogP contribution is 2.31. The molecule has 2 bridgehead atoms. The molecule has 2 aliphatic rings. The van der Waals surface area contributed by atoms with E-state index in [9.17, 15) is 17.6 Å². The van der Waals surface area contributed by atoms with Crippen LogP contribution < -0.4 is 5.32 Å². The Bertz CT molecular complexity index is 505. The maximum absolute atomic E-state index is 13.7. The van der Waals surface area contributed by atoms with Crippen LogP contribution in [0.4, 0.5) is 17.6 Å². The van der Waals surface area contributed by atoms with E-state index in [0.29, 0.717) is 18.2 Å². The number of hydrogen-bond acceptors (Lipinski definition) is 2. The van der Waals surface area contributed by atoms with Gasteiger partial charge in [0.05, 0.1) is 18.3 Å². The topological polar surface area (TPSA) is 21.3 Å². The average Bonchev–Trinajstić information content (AvgIpc) is 2.75. The summed E-state index contributed by atoms with van der Waals surface area (Å²) < 4.78 is 56.8. The number of hydrogen-bond donors (Lipinski definition) is 1. The minimum Gasteiger partial charge on any atom is -0.373 e. The van der Waals surface area contributed by atoms with Crippen molar-refractivity contribution in [3.63, 3.8) is 0 Å². The van der Waals surface area contributed by atoms with Crippen LogP contribution in [-0.4, -0.2) is 18.2 Å². The van der Waals surface area contributed by atoms with Gasteiger partial charge >= 0.3 is 6.18 Å². The van der Waals surface area contributed by atoms with Crippen molar-refractivity contribution >= 4 is 0 Å². The van der Waals surface area contributed by atoms with Gasteiger partial charge < -0.3 is 10.1 Å². The van der Waals surface area contributed by atoms with Gasteiger partial charge in [0.25, 0.3) is 0 Å². The molecular formula is C15H17F4NO. The van der Waals surface area contributed by atoms with Crippen LogP contribution in [0, 0.1) is 5.82 Å². The second kappa shape index (κ2) is 5.57. The first kappa shape index (κ1) is 14.8. The molecule has 21 heavy (non-hydrogen) atoms. The number of rotatable bonds is 3. The molecule has 2 aliphatic heterocycles. The SMILES string of the molecule is Fc1cc(C(F)(F)F)ccc1CO[C@H]1C[C@H]2CC[C@@H](C1)N2. The summed E-state index contributed by atoms with van der Waals surface area (Å²) in [5, 5.41) is 3.47. The van der Waals surface area contributed by atoms with Crippen LogP contribution in [0.25, 0.3) is 0 Å². The molecule has 0 aromatic heterocycles. The van der Waals surface area contributed by atoms with Gasteiger partial charge in [0.15, 0.2) is 0 Å². The monoisotopic (exact) mass is 303 g/mol.